The number of aryl methyl sites for hydroxylation is 1. The number of hydrogen-bond donors (Lipinski definition) is 0. The molecule has 0 spiro atoms. The van der Waals surface area contributed by atoms with E-state index in [2.05, 4.69) is 6.07 Å². The fourth-order valence-corrected chi connectivity index (χ4v) is 4.30. The largest absolute Gasteiger partial charge is 0.467 e. The molecular weight excluding hydrogens is 362 g/mol. The number of nitrogens with zero attached hydrogens (tertiary/aromatic N) is 3. The molecule has 5 heteroatoms. The molecule has 4 aromatic rings. The predicted molar refractivity (Wildman–Crippen MR) is 111 cm³/mol. The van der Waals surface area contributed by atoms with Gasteiger partial charge >= 0.3 is 0 Å². The first kappa shape index (κ1) is 17.7. The van der Waals surface area contributed by atoms with Crippen LogP contribution >= 0.6 is 0 Å². The summed E-state index contributed by atoms with van der Waals surface area (Å²) in [4.78, 5) is 15.3. The average Bonchev–Trinajstić information content (AvgIpc) is 3.48. The van der Waals surface area contributed by atoms with Crippen molar-refractivity contribution in [1.82, 2.24) is 14.7 Å². The average molecular weight is 385 g/mol. The minimum absolute atomic E-state index is 0.00967. The Morgan fingerprint density at radius 3 is 2.76 bits per heavy atom. The van der Waals surface area contributed by atoms with Gasteiger partial charge in [0.05, 0.1) is 25.0 Å². The Bertz CT molecular complexity index is 1170. The van der Waals surface area contributed by atoms with Crippen molar-refractivity contribution in [3.63, 3.8) is 0 Å². The van der Waals surface area contributed by atoms with E-state index in [9.17, 15) is 4.79 Å². The Hall–Kier alpha value is -3.34. The first-order chi connectivity index (χ1) is 14.2. The summed E-state index contributed by atoms with van der Waals surface area (Å²) in [5.41, 5.74) is 4.29. The Balaban J connectivity index is 1.49. The Kier molecular flexibility index (Phi) is 4.43. The molecule has 5 nitrogen and oxygen atoms in total. The van der Waals surface area contributed by atoms with Crippen LogP contribution in [0.5, 0.6) is 0 Å². The SMILES string of the molecule is Cn1nc(CN(Cc2ccco2)C(=O)c2ccc3ccccc3c2)c2c1CCC2. The van der Waals surface area contributed by atoms with Gasteiger partial charge in [-0.15, -0.1) is 0 Å². The number of rotatable bonds is 5. The second kappa shape index (κ2) is 7.24. The molecule has 2 aromatic carbocycles. The summed E-state index contributed by atoms with van der Waals surface area (Å²) in [6.45, 7) is 0.902. The lowest BCUT2D eigenvalue weighted by Gasteiger charge is -2.21. The van der Waals surface area contributed by atoms with E-state index in [1.807, 2.05) is 65.2 Å². The van der Waals surface area contributed by atoms with E-state index in [0.29, 0.717) is 18.7 Å². The predicted octanol–water partition coefficient (Wildman–Crippen LogP) is 4.50. The molecule has 1 amide bonds. The van der Waals surface area contributed by atoms with Crippen molar-refractivity contribution in [3.05, 3.63) is 89.1 Å². The smallest absolute Gasteiger partial charge is 0.254 e. The first-order valence-electron chi connectivity index (χ1n) is 10.0. The van der Waals surface area contributed by atoms with Crippen molar-refractivity contribution in [2.45, 2.75) is 32.4 Å². The van der Waals surface area contributed by atoms with E-state index in [1.165, 1.54) is 11.3 Å². The van der Waals surface area contributed by atoms with Gasteiger partial charge in [-0.05, 0) is 59.9 Å². The van der Waals surface area contributed by atoms with Crippen LogP contribution in [0.4, 0.5) is 0 Å². The van der Waals surface area contributed by atoms with Crippen molar-refractivity contribution in [3.8, 4) is 0 Å². The van der Waals surface area contributed by atoms with Crippen LogP contribution in [0.1, 0.15) is 39.5 Å². The molecule has 0 radical (unpaired) electrons. The van der Waals surface area contributed by atoms with Crippen molar-refractivity contribution >= 4 is 16.7 Å². The number of furan rings is 1. The summed E-state index contributed by atoms with van der Waals surface area (Å²) in [6.07, 6.45) is 4.91. The highest BCUT2D eigenvalue weighted by molar-refractivity contribution is 5.98. The van der Waals surface area contributed by atoms with Gasteiger partial charge in [0, 0.05) is 18.3 Å². The summed E-state index contributed by atoms with van der Waals surface area (Å²) >= 11 is 0. The zero-order chi connectivity index (χ0) is 19.8. The quantitative estimate of drug-likeness (QED) is 0.508. The second-order valence-electron chi connectivity index (χ2n) is 7.65. The van der Waals surface area contributed by atoms with E-state index in [-0.39, 0.29) is 5.91 Å². The van der Waals surface area contributed by atoms with Crippen LogP contribution in [-0.2, 0) is 33.0 Å². The Labute approximate surface area is 169 Å². The number of aromatic nitrogens is 2. The fourth-order valence-electron chi connectivity index (χ4n) is 4.30. The lowest BCUT2D eigenvalue weighted by molar-refractivity contribution is 0.0715. The number of benzene rings is 2. The highest BCUT2D eigenvalue weighted by atomic mass is 16.3. The molecule has 0 bridgehead atoms. The summed E-state index contributed by atoms with van der Waals surface area (Å²) in [5, 5.41) is 6.91. The maximum Gasteiger partial charge on any atom is 0.254 e. The van der Waals surface area contributed by atoms with E-state index in [4.69, 9.17) is 9.52 Å². The van der Waals surface area contributed by atoms with Gasteiger partial charge in [0.15, 0.2) is 0 Å². The Morgan fingerprint density at radius 1 is 1.07 bits per heavy atom. The van der Waals surface area contributed by atoms with Crippen LogP contribution in [0.15, 0.2) is 65.3 Å². The molecular formula is C24H23N3O2. The van der Waals surface area contributed by atoms with Crippen LogP contribution in [0.25, 0.3) is 10.8 Å². The number of carbonyl (C=O) groups excluding carboxylic acids is 1. The third-order valence-electron chi connectivity index (χ3n) is 5.75. The molecule has 2 aromatic heterocycles. The van der Waals surface area contributed by atoms with Gasteiger partial charge < -0.3 is 9.32 Å². The van der Waals surface area contributed by atoms with E-state index >= 15 is 0 Å². The first-order valence-corrected chi connectivity index (χ1v) is 10.0. The van der Waals surface area contributed by atoms with Crippen LogP contribution < -0.4 is 0 Å². The summed E-state index contributed by atoms with van der Waals surface area (Å²) in [5.74, 6) is 0.760. The van der Waals surface area contributed by atoms with Gasteiger partial charge in [-0.3, -0.25) is 9.48 Å². The number of amides is 1. The number of carbonyl (C=O) groups is 1. The van der Waals surface area contributed by atoms with E-state index < -0.39 is 0 Å². The molecule has 0 fully saturated rings. The van der Waals surface area contributed by atoms with Crippen LogP contribution in [0.2, 0.25) is 0 Å². The highest BCUT2D eigenvalue weighted by Gasteiger charge is 2.25. The summed E-state index contributed by atoms with van der Waals surface area (Å²) in [6, 6.07) is 17.7. The highest BCUT2D eigenvalue weighted by Crippen LogP contribution is 2.27. The third-order valence-corrected chi connectivity index (χ3v) is 5.75. The van der Waals surface area contributed by atoms with Crippen molar-refractivity contribution < 1.29 is 9.21 Å². The molecule has 0 atom stereocenters. The zero-order valence-electron chi connectivity index (χ0n) is 16.5. The topological polar surface area (TPSA) is 51.3 Å². The second-order valence-corrected chi connectivity index (χ2v) is 7.65. The number of hydrogen-bond acceptors (Lipinski definition) is 3. The molecule has 29 heavy (non-hydrogen) atoms. The zero-order valence-corrected chi connectivity index (χ0v) is 16.5. The van der Waals surface area contributed by atoms with Gasteiger partial charge in [0.1, 0.15) is 5.76 Å². The molecule has 0 unspecified atom stereocenters. The van der Waals surface area contributed by atoms with Gasteiger partial charge in [0.2, 0.25) is 0 Å². The maximum absolute atomic E-state index is 13.5. The van der Waals surface area contributed by atoms with Crippen LogP contribution in [0, 0.1) is 0 Å². The van der Waals surface area contributed by atoms with Crippen molar-refractivity contribution in [1.29, 1.82) is 0 Å². The molecule has 2 heterocycles. The normalized spacial score (nSPS) is 13.0. The minimum Gasteiger partial charge on any atom is -0.467 e. The minimum atomic E-state index is -0.00967. The molecule has 1 aliphatic rings. The standard InChI is InChI=1S/C24H23N3O2/c1-26-23-10-4-9-21(23)22(25-26)16-27(15-20-8-5-13-29-20)24(28)19-12-11-17-6-2-3-7-18(17)14-19/h2-3,5-8,11-14H,4,9-10,15-16H2,1H3. The maximum atomic E-state index is 13.5. The van der Waals surface area contributed by atoms with Crippen molar-refractivity contribution in [2.75, 3.05) is 0 Å². The molecule has 0 N–H and O–H groups in total. The van der Waals surface area contributed by atoms with Crippen LogP contribution in [-0.4, -0.2) is 20.6 Å². The Morgan fingerprint density at radius 2 is 1.93 bits per heavy atom. The lowest BCUT2D eigenvalue weighted by Crippen LogP contribution is -2.30. The molecule has 1 aliphatic carbocycles. The summed E-state index contributed by atoms with van der Waals surface area (Å²) in [7, 11) is 2.00. The third kappa shape index (κ3) is 3.33. The van der Waals surface area contributed by atoms with E-state index in [1.54, 1.807) is 6.26 Å². The van der Waals surface area contributed by atoms with Gasteiger partial charge in [0.25, 0.3) is 5.91 Å². The molecule has 5 rings (SSSR count). The monoisotopic (exact) mass is 385 g/mol. The van der Waals surface area contributed by atoms with Gasteiger partial charge in [-0.1, -0.05) is 30.3 Å². The molecule has 146 valence electrons. The fraction of sp³-hybridized carbons (Fsp3) is 0.250. The molecule has 0 saturated heterocycles. The van der Waals surface area contributed by atoms with Crippen LogP contribution in [0.3, 0.4) is 0 Å². The lowest BCUT2D eigenvalue weighted by atomic mass is 10.1. The number of fused-ring (bicyclic) bond motifs is 2. The summed E-state index contributed by atoms with van der Waals surface area (Å²) < 4.78 is 7.51. The molecule has 0 saturated carbocycles. The van der Waals surface area contributed by atoms with Gasteiger partial charge in [-0.2, -0.15) is 5.10 Å². The molecule has 0 aliphatic heterocycles. The van der Waals surface area contributed by atoms with Gasteiger partial charge in [-0.25, -0.2) is 0 Å². The van der Waals surface area contributed by atoms with E-state index in [0.717, 1.165) is 41.5 Å². The van der Waals surface area contributed by atoms with Crippen molar-refractivity contribution in [2.24, 2.45) is 7.05 Å².